The number of rotatable bonds is 7. The standard InChI is InChI=1S/C27H27N3O5S/c1-32-22-9-6-20(7-10-22)28-27-30(18-23-4-3-13-35-23)26(31)25(36-27)16-19-5-8-21(17-24(19)33-2)29-11-14-34-15-12-29/h3-10,13,16-17H,11-12,14-15,18H2,1-2H3/b25-16-,28-27?. The first-order chi connectivity index (χ1) is 17.6. The van der Waals surface area contributed by atoms with Crippen molar-refractivity contribution in [1.82, 2.24) is 4.90 Å². The zero-order valence-electron chi connectivity index (χ0n) is 20.2. The van der Waals surface area contributed by atoms with Gasteiger partial charge in [-0.2, -0.15) is 0 Å². The number of thioether (sulfide) groups is 1. The molecule has 0 N–H and O–H groups in total. The number of hydrogen-bond acceptors (Lipinski definition) is 8. The molecule has 1 amide bonds. The maximum Gasteiger partial charge on any atom is 0.267 e. The molecule has 8 nitrogen and oxygen atoms in total. The highest BCUT2D eigenvalue weighted by Crippen LogP contribution is 2.37. The van der Waals surface area contributed by atoms with Gasteiger partial charge in [-0.3, -0.25) is 9.69 Å². The van der Waals surface area contributed by atoms with Crippen LogP contribution in [0.2, 0.25) is 0 Å². The molecule has 36 heavy (non-hydrogen) atoms. The van der Waals surface area contributed by atoms with Gasteiger partial charge in [0.15, 0.2) is 5.17 Å². The third-order valence-corrected chi connectivity index (χ3v) is 6.97. The Balaban J connectivity index is 1.45. The molecule has 3 aromatic rings. The predicted molar refractivity (Wildman–Crippen MR) is 141 cm³/mol. The van der Waals surface area contributed by atoms with Gasteiger partial charge in [-0.25, -0.2) is 4.99 Å². The minimum absolute atomic E-state index is 0.136. The third-order valence-electron chi connectivity index (χ3n) is 5.96. The van der Waals surface area contributed by atoms with Gasteiger partial charge in [0, 0.05) is 30.4 Å². The first kappa shape index (κ1) is 24.0. The molecule has 9 heteroatoms. The summed E-state index contributed by atoms with van der Waals surface area (Å²) in [7, 11) is 3.26. The Morgan fingerprint density at radius 2 is 1.86 bits per heavy atom. The molecule has 1 aromatic heterocycles. The lowest BCUT2D eigenvalue weighted by molar-refractivity contribution is -0.122. The van der Waals surface area contributed by atoms with Crippen LogP contribution >= 0.6 is 11.8 Å². The molecule has 0 spiro atoms. The van der Waals surface area contributed by atoms with Crippen molar-refractivity contribution in [2.75, 3.05) is 45.4 Å². The number of methoxy groups -OCH3 is 2. The molecule has 0 aliphatic carbocycles. The highest BCUT2D eigenvalue weighted by Gasteiger charge is 2.34. The molecule has 3 heterocycles. The molecule has 186 valence electrons. The molecule has 5 rings (SSSR count). The molecule has 2 aliphatic heterocycles. The summed E-state index contributed by atoms with van der Waals surface area (Å²) in [5, 5.41) is 0.580. The van der Waals surface area contributed by atoms with E-state index in [4.69, 9.17) is 23.6 Å². The number of benzene rings is 2. The van der Waals surface area contributed by atoms with Crippen LogP contribution in [0.3, 0.4) is 0 Å². The van der Waals surface area contributed by atoms with Crippen LogP contribution in [0.1, 0.15) is 11.3 Å². The second-order valence-electron chi connectivity index (χ2n) is 8.20. The minimum atomic E-state index is -0.136. The highest BCUT2D eigenvalue weighted by molar-refractivity contribution is 8.18. The molecule has 0 unspecified atom stereocenters. The average molecular weight is 506 g/mol. The number of morpholine rings is 1. The van der Waals surface area contributed by atoms with E-state index in [9.17, 15) is 4.79 Å². The lowest BCUT2D eigenvalue weighted by atomic mass is 10.1. The SMILES string of the molecule is COc1ccc(N=C2S/C(=C\c3ccc(N4CCOCC4)cc3OC)C(=O)N2Cc2ccco2)cc1. The van der Waals surface area contributed by atoms with Gasteiger partial charge in [-0.1, -0.05) is 0 Å². The second kappa shape index (κ2) is 10.9. The summed E-state index contributed by atoms with van der Waals surface area (Å²) in [4.78, 5) is 22.7. The Kier molecular flexibility index (Phi) is 7.29. The van der Waals surface area contributed by atoms with Crippen LogP contribution < -0.4 is 14.4 Å². The quantitative estimate of drug-likeness (QED) is 0.421. The highest BCUT2D eigenvalue weighted by atomic mass is 32.2. The number of anilines is 1. The van der Waals surface area contributed by atoms with E-state index in [2.05, 4.69) is 11.0 Å². The normalized spacial score (nSPS) is 18.3. The zero-order valence-corrected chi connectivity index (χ0v) is 21.0. The Labute approximate surface area is 214 Å². The van der Waals surface area contributed by atoms with E-state index in [1.165, 1.54) is 11.8 Å². The average Bonchev–Trinajstić information content (AvgIpc) is 3.54. The van der Waals surface area contributed by atoms with Crippen LogP contribution in [0.5, 0.6) is 11.5 Å². The molecule has 0 radical (unpaired) electrons. The van der Waals surface area contributed by atoms with E-state index in [-0.39, 0.29) is 12.5 Å². The van der Waals surface area contributed by atoms with Gasteiger partial charge in [0.25, 0.3) is 5.91 Å². The number of amidine groups is 1. The van der Waals surface area contributed by atoms with Crippen LogP contribution in [-0.4, -0.2) is 56.5 Å². The Morgan fingerprint density at radius 3 is 2.56 bits per heavy atom. The van der Waals surface area contributed by atoms with Crippen molar-refractivity contribution in [3.8, 4) is 11.5 Å². The number of furan rings is 1. The van der Waals surface area contributed by atoms with Crippen molar-refractivity contribution in [2.24, 2.45) is 4.99 Å². The second-order valence-corrected chi connectivity index (χ2v) is 9.21. The fourth-order valence-electron chi connectivity index (χ4n) is 4.03. The summed E-state index contributed by atoms with van der Waals surface area (Å²) >= 11 is 1.33. The summed E-state index contributed by atoms with van der Waals surface area (Å²) in [5.74, 6) is 2.00. The molecule has 0 atom stereocenters. The third kappa shape index (κ3) is 5.27. The number of carbonyl (C=O) groups excluding carboxylic acids is 1. The van der Waals surface area contributed by atoms with Gasteiger partial charge in [-0.15, -0.1) is 0 Å². The van der Waals surface area contributed by atoms with Crippen molar-refractivity contribution in [3.05, 3.63) is 77.1 Å². The van der Waals surface area contributed by atoms with Crippen LogP contribution in [0.15, 0.2) is 75.2 Å². The van der Waals surface area contributed by atoms with Crippen molar-refractivity contribution in [2.45, 2.75) is 6.54 Å². The Morgan fingerprint density at radius 1 is 1.06 bits per heavy atom. The first-order valence-electron chi connectivity index (χ1n) is 11.6. The maximum absolute atomic E-state index is 13.5. The van der Waals surface area contributed by atoms with Gasteiger partial charge in [-0.05, 0) is 66.4 Å². The van der Waals surface area contributed by atoms with E-state index in [1.54, 1.807) is 31.4 Å². The molecule has 2 aliphatic rings. The van der Waals surface area contributed by atoms with Crippen molar-refractivity contribution in [3.63, 3.8) is 0 Å². The molecular formula is C27H27N3O5S. The van der Waals surface area contributed by atoms with Crippen molar-refractivity contribution >= 4 is 40.3 Å². The monoisotopic (exact) mass is 505 g/mol. The van der Waals surface area contributed by atoms with Crippen LogP contribution in [0, 0.1) is 0 Å². The van der Waals surface area contributed by atoms with Gasteiger partial charge >= 0.3 is 0 Å². The number of carbonyl (C=O) groups is 1. The number of hydrogen-bond donors (Lipinski definition) is 0. The Bertz CT molecular complexity index is 1270. The first-order valence-corrected chi connectivity index (χ1v) is 12.4. The number of nitrogens with zero attached hydrogens (tertiary/aromatic N) is 3. The molecule has 2 fully saturated rings. The Hall–Kier alpha value is -3.69. The summed E-state index contributed by atoms with van der Waals surface area (Å²) < 4.78 is 21.9. The van der Waals surface area contributed by atoms with E-state index in [0.29, 0.717) is 34.8 Å². The molecule has 0 bridgehead atoms. The van der Waals surface area contributed by atoms with Gasteiger partial charge in [0.1, 0.15) is 17.3 Å². The van der Waals surface area contributed by atoms with E-state index >= 15 is 0 Å². The molecule has 0 saturated carbocycles. The van der Waals surface area contributed by atoms with Crippen LogP contribution in [-0.2, 0) is 16.1 Å². The molecular weight excluding hydrogens is 478 g/mol. The van der Waals surface area contributed by atoms with Gasteiger partial charge < -0.3 is 23.5 Å². The van der Waals surface area contributed by atoms with E-state index in [1.807, 2.05) is 48.5 Å². The summed E-state index contributed by atoms with van der Waals surface area (Å²) in [6.45, 7) is 3.39. The lowest BCUT2D eigenvalue weighted by Gasteiger charge is -2.29. The van der Waals surface area contributed by atoms with E-state index in [0.717, 1.165) is 35.8 Å². The largest absolute Gasteiger partial charge is 0.497 e. The number of ether oxygens (including phenoxy) is 3. The fraction of sp³-hybridized carbons (Fsp3) is 0.259. The molecule has 2 saturated heterocycles. The minimum Gasteiger partial charge on any atom is -0.497 e. The fourth-order valence-corrected chi connectivity index (χ4v) is 5.02. The van der Waals surface area contributed by atoms with E-state index < -0.39 is 0 Å². The van der Waals surface area contributed by atoms with Crippen molar-refractivity contribution in [1.29, 1.82) is 0 Å². The van der Waals surface area contributed by atoms with Gasteiger partial charge in [0.05, 0.1) is 50.8 Å². The van der Waals surface area contributed by atoms with Crippen LogP contribution in [0.4, 0.5) is 11.4 Å². The van der Waals surface area contributed by atoms with Gasteiger partial charge in [0.2, 0.25) is 0 Å². The summed E-state index contributed by atoms with van der Waals surface area (Å²) in [6, 6.07) is 17.1. The van der Waals surface area contributed by atoms with Crippen molar-refractivity contribution < 1.29 is 23.4 Å². The van der Waals surface area contributed by atoms with Crippen LogP contribution in [0.25, 0.3) is 6.08 Å². The predicted octanol–water partition coefficient (Wildman–Crippen LogP) is 4.94. The molecule has 2 aromatic carbocycles. The lowest BCUT2D eigenvalue weighted by Crippen LogP contribution is -2.36. The number of amides is 1. The smallest absolute Gasteiger partial charge is 0.267 e. The number of aliphatic imine (C=N–C) groups is 1. The summed E-state index contributed by atoms with van der Waals surface area (Å²) in [6.07, 6.45) is 3.46. The zero-order chi connectivity index (χ0) is 24.9. The maximum atomic E-state index is 13.5. The summed E-state index contributed by atoms with van der Waals surface area (Å²) in [5.41, 5.74) is 2.63. The topological polar surface area (TPSA) is 76.7 Å².